The molecule has 1 aliphatic rings. The van der Waals surface area contributed by atoms with Crippen molar-refractivity contribution in [1.82, 2.24) is 4.90 Å². The monoisotopic (exact) mass is 219 g/mol. The lowest BCUT2D eigenvalue weighted by atomic mass is 9.71. The number of benzene rings is 1. The van der Waals surface area contributed by atoms with Gasteiger partial charge in [0.25, 0.3) is 0 Å². The Bertz CT molecular complexity index is 337. The molecule has 1 N–H and O–H groups in total. The molecule has 1 heterocycles. The Morgan fingerprint density at radius 2 is 1.62 bits per heavy atom. The van der Waals surface area contributed by atoms with Crippen molar-refractivity contribution in [3.63, 3.8) is 0 Å². The lowest BCUT2D eigenvalue weighted by Crippen LogP contribution is -2.53. The number of hydrogen-bond donors (Lipinski definition) is 1. The van der Waals surface area contributed by atoms with Gasteiger partial charge in [-0.3, -0.25) is 0 Å². The van der Waals surface area contributed by atoms with Crippen LogP contribution in [0.5, 0.6) is 0 Å². The van der Waals surface area contributed by atoms with E-state index in [0.29, 0.717) is 0 Å². The highest BCUT2D eigenvalue weighted by Gasteiger charge is 2.44. The van der Waals surface area contributed by atoms with Gasteiger partial charge < -0.3 is 10.0 Å². The van der Waals surface area contributed by atoms with Crippen molar-refractivity contribution < 1.29 is 5.11 Å². The van der Waals surface area contributed by atoms with Gasteiger partial charge in [-0.15, -0.1) is 0 Å². The summed E-state index contributed by atoms with van der Waals surface area (Å²) < 4.78 is 0. The molecule has 0 radical (unpaired) electrons. The van der Waals surface area contributed by atoms with Crippen molar-refractivity contribution in [3.05, 3.63) is 35.9 Å². The molecule has 1 aromatic carbocycles. The van der Waals surface area contributed by atoms with Crippen LogP contribution in [-0.2, 0) is 5.60 Å². The van der Waals surface area contributed by atoms with Crippen molar-refractivity contribution >= 4 is 0 Å². The normalized spacial score (nSPS) is 36.2. The van der Waals surface area contributed by atoms with Crippen molar-refractivity contribution in [3.8, 4) is 0 Å². The maximum Gasteiger partial charge on any atom is 0.0971 e. The minimum atomic E-state index is -0.673. The fourth-order valence-corrected chi connectivity index (χ4v) is 3.05. The summed E-state index contributed by atoms with van der Waals surface area (Å²) in [6.07, 6.45) is 0. The van der Waals surface area contributed by atoms with Crippen molar-refractivity contribution in [2.45, 2.75) is 19.4 Å². The van der Waals surface area contributed by atoms with Gasteiger partial charge in [0.2, 0.25) is 0 Å². The molecule has 0 amide bonds. The Kier molecular flexibility index (Phi) is 3.04. The third-order valence-corrected chi connectivity index (χ3v) is 3.91. The van der Waals surface area contributed by atoms with Crippen LogP contribution in [0.1, 0.15) is 19.4 Å². The molecule has 1 saturated heterocycles. The fraction of sp³-hybridized carbons (Fsp3) is 0.571. The molecule has 0 aliphatic carbocycles. The van der Waals surface area contributed by atoms with Crippen LogP contribution < -0.4 is 0 Å². The molecule has 3 atom stereocenters. The molecule has 2 heteroatoms. The van der Waals surface area contributed by atoms with E-state index in [-0.39, 0.29) is 11.8 Å². The number of likely N-dealkylation sites (tertiary alicyclic amines) is 1. The summed E-state index contributed by atoms with van der Waals surface area (Å²) in [7, 11) is 2.12. The first-order valence-corrected chi connectivity index (χ1v) is 6.01. The molecule has 2 rings (SSSR count). The predicted molar refractivity (Wildman–Crippen MR) is 66.2 cm³/mol. The van der Waals surface area contributed by atoms with E-state index in [9.17, 15) is 5.11 Å². The first kappa shape index (κ1) is 11.6. The lowest BCUT2D eigenvalue weighted by Gasteiger charge is -2.47. The van der Waals surface area contributed by atoms with Gasteiger partial charge >= 0.3 is 0 Å². The molecule has 88 valence electrons. The number of aliphatic hydroxyl groups is 1. The second kappa shape index (κ2) is 4.19. The molecule has 0 spiro atoms. The Balaban J connectivity index is 2.36. The number of nitrogens with zero attached hydrogens (tertiary/aromatic N) is 1. The second-order valence-corrected chi connectivity index (χ2v) is 5.21. The highest BCUT2D eigenvalue weighted by atomic mass is 16.3. The summed E-state index contributed by atoms with van der Waals surface area (Å²) in [4.78, 5) is 2.30. The predicted octanol–water partition coefficient (Wildman–Crippen LogP) is 2.09. The second-order valence-electron chi connectivity index (χ2n) is 5.21. The van der Waals surface area contributed by atoms with Crippen LogP contribution in [0.2, 0.25) is 0 Å². The van der Waals surface area contributed by atoms with Crippen LogP contribution in [0.4, 0.5) is 0 Å². The highest BCUT2D eigenvalue weighted by molar-refractivity contribution is 5.25. The number of piperidine rings is 1. The zero-order chi connectivity index (χ0) is 11.8. The molecular formula is C14H21NO. The summed E-state index contributed by atoms with van der Waals surface area (Å²) in [6, 6.07) is 10.1. The van der Waals surface area contributed by atoms with Gasteiger partial charge in [0.1, 0.15) is 0 Å². The van der Waals surface area contributed by atoms with Gasteiger partial charge in [0.05, 0.1) is 5.60 Å². The molecule has 16 heavy (non-hydrogen) atoms. The fourth-order valence-electron chi connectivity index (χ4n) is 3.05. The first-order chi connectivity index (χ1) is 7.55. The minimum absolute atomic E-state index is 0.267. The summed E-state index contributed by atoms with van der Waals surface area (Å²) in [5, 5.41) is 11.0. The van der Waals surface area contributed by atoms with Crippen molar-refractivity contribution in [2.24, 2.45) is 11.8 Å². The summed E-state index contributed by atoms with van der Waals surface area (Å²) in [5.41, 5.74) is 0.386. The van der Waals surface area contributed by atoms with E-state index in [4.69, 9.17) is 0 Å². The minimum Gasteiger partial charge on any atom is -0.385 e. The molecule has 1 aromatic rings. The van der Waals surface area contributed by atoms with Crippen LogP contribution in [-0.4, -0.2) is 30.1 Å². The van der Waals surface area contributed by atoms with Crippen LogP contribution in [0.15, 0.2) is 30.3 Å². The number of hydrogen-bond acceptors (Lipinski definition) is 2. The molecule has 0 saturated carbocycles. The Hall–Kier alpha value is -0.860. The third-order valence-electron chi connectivity index (χ3n) is 3.91. The molecule has 0 bridgehead atoms. The van der Waals surface area contributed by atoms with E-state index >= 15 is 0 Å². The zero-order valence-corrected chi connectivity index (χ0v) is 10.4. The van der Waals surface area contributed by atoms with E-state index in [0.717, 1.165) is 18.7 Å². The SMILES string of the molecule is C[C@@H]1CN(C)C[C@H](C)C1(O)c1ccccc1. The first-order valence-electron chi connectivity index (χ1n) is 6.01. The smallest absolute Gasteiger partial charge is 0.0971 e. The van der Waals surface area contributed by atoms with Gasteiger partial charge in [-0.1, -0.05) is 44.2 Å². The molecule has 0 aromatic heterocycles. The Morgan fingerprint density at radius 3 is 2.12 bits per heavy atom. The average molecular weight is 219 g/mol. The topological polar surface area (TPSA) is 23.5 Å². The van der Waals surface area contributed by atoms with Gasteiger partial charge in [-0.2, -0.15) is 0 Å². The zero-order valence-electron chi connectivity index (χ0n) is 10.4. The highest BCUT2D eigenvalue weighted by Crippen LogP contribution is 2.40. The van der Waals surface area contributed by atoms with Gasteiger partial charge in [0.15, 0.2) is 0 Å². The van der Waals surface area contributed by atoms with Gasteiger partial charge in [0, 0.05) is 24.9 Å². The van der Waals surface area contributed by atoms with E-state index < -0.39 is 5.60 Å². The molecule has 1 fully saturated rings. The van der Waals surface area contributed by atoms with Crippen LogP contribution >= 0.6 is 0 Å². The van der Waals surface area contributed by atoms with Gasteiger partial charge in [-0.05, 0) is 12.6 Å². The maximum absolute atomic E-state index is 11.0. The molecular weight excluding hydrogens is 198 g/mol. The third kappa shape index (κ3) is 1.76. The lowest BCUT2D eigenvalue weighted by molar-refractivity contribution is -0.108. The van der Waals surface area contributed by atoms with E-state index in [1.54, 1.807) is 0 Å². The van der Waals surface area contributed by atoms with E-state index in [1.165, 1.54) is 0 Å². The summed E-state index contributed by atoms with van der Waals surface area (Å²) in [6.45, 7) is 6.18. The Labute approximate surface area is 97.9 Å². The van der Waals surface area contributed by atoms with Crippen LogP contribution in [0, 0.1) is 11.8 Å². The van der Waals surface area contributed by atoms with Crippen molar-refractivity contribution in [2.75, 3.05) is 20.1 Å². The average Bonchev–Trinajstić information content (AvgIpc) is 2.27. The van der Waals surface area contributed by atoms with E-state index in [1.807, 2.05) is 30.3 Å². The number of rotatable bonds is 1. The van der Waals surface area contributed by atoms with Gasteiger partial charge in [-0.25, -0.2) is 0 Å². The molecule has 2 nitrogen and oxygen atoms in total. The van der Waals surface area contributed by atoms with Crippen LogP contribution in [0.25, 0.3) is 0 Å². The molecule has 1 aliphatic heterocycles. The standard InChI is InChI=1S/C14H21NO/c1-11-9-15(3)10-12(2)14(11,16)13-7-5-4-6-8-13/h4-8,11-12,16H,9-10H2,1-3H3/t11-,12+,14?. The van der Waals surface area contributed by atoms with Crippen molar-refractivity contribution in [1.29, 1.82) is 0 Å². The van der Waals surface area contributed by atoms with Crippen LogP contribution in [0.3, 0.4) is 0 Å². The van der Waals surface area contributed by atoms with E-state index in [2.05, 4.69) is 25.8 Å². The quantitative estimate of drug-likeness (QED) is 0.782. The largest absolute Gasteiger partial charge is 0.385 e. The Morgan fingerprint density at radius 1 is 1.12 bits per heavy atom. The summed E-state index contributed by atoms with van der Waals surface area (Å²) >= 11 is 0. The summed E-state index contributed by atoms with van der Waals surface area (Å²) in [5.74, 6) is 0.535. The maximum atomic E-state index is 11.0. The molecule has 1 unspecified atom stereocenters.